The van der Waals surface area contributed by atoms with E-state index < -0.39 is 10.0 Å². The van der Waals surface area contributed by atoms with Crippen LogP contribution < -0.4 is 5.32 Å². The van der Waals surface area contributed by atoms with Crippen molar-refractivity contribution in [2.75, 3.05) is 38.5 Å². The van der Waals surface area contributed by atoms with Crippen molar-refractivity contribution in [3.63, 3.8) is 0 Å². The van der Waals surface area contributed by atoms with Gasteiger partial charge in [0.15, 0.2) is 0 Å². The number of benzene rings is 1. The number of rotatable bonds is 5. The summed E-state index contributed by atoms with van der Waals surface area (Å²) < 4.78 is 40.4. The highest BCUT2D eigenvalue weighted by Crippen LogP contribution is 2.18. The summed E-state index contributed by atoms with van der Waals surface area (Å²) >= 11 is 0. The van der Waals surface area contributed by atoms with Crippen molar-refractivity contribution in [2.24, 2.45) is 0 Å². The molecule has 1 aliphatic rings. The van der Waals surface area contributed by atoms with Crippen LogP contribution in [0.5, 0.6) is 0 Å². The Morgan fingerprint density at radius 3 is 2.50 bits per heavy atom. The minimum atomic E-state index is -3.51. The fourth-order valence-electron chi connectivity index (χ4n) is 2.75. The zero-order valence-corrected chi connectivity index (χ0v) is 15.8. The molecule has 0 bridgehead atoms. The molecule has 1 N–H and O–H groups in total. The van der Waals surface area contributed by atoms with Crippen LogP contribution in [0.3, 0.4) is 0 Å². The molecule has 2 aromatic rings. The number of hydrogen-bond acceptors (Lipinski definition) is 5. The lowest BCUT2D eigenvalue weighted by Gasteiger charge is -2.31. The molecule has 1 saturated heterocycles. The summed E-state index contributed by atoms with van der Waals surface area (Å²) in [6.45, 7) is 4.54. The second-order valence-electron chi connectivity index (χ2n) is 6.52. The average molecular weight is 378 g/mol. The number of halogens is 1. The molecule has 3 rings (SSSR count). The Morgan fingerprint density at radius 2 is 1.88 bits per heavy atom. The minimum Gasteiger partial charge on any atom is -0.366 e. The predicted molar refractivity (Wildman–Crippen MR) is 99.0 cm³/mol. The molecule has 0 aliphatic carbocycles. The molecule has 0 amide bonds. The van der Waals surface area contributed by atoms with Gasteiger partial charge in [-0.25, -0.2) is 17.8 Å². The van der Waals surface area contributed by atoms with Gasteiger partial charge in [-0.05, 0) is 43.3 Å². The molecule has 0 radical (unpaired) electrons. The second kappa shape index (κ2) is 7.69. The summed E-state index contributed by atoms with van der Waals surface area (Å²) in [5, 5.41) is 3.08. The molecule has 0 spiro atoms. The summed E-state index contributed by atoms with van der Waals surface area (Å²) in [5.74, 6) is 0.300. The van der Waals surface area contributed by atoms with Crippen LogP contribution >= 0.6 is 0 Å². The third kappa shape index (κ3) is 4.20. The predicted octanol–water partition coefficient (Wildman–Crippen LogP) is 2.08. The molecule has 1 aromatic heterocycles. The SMILES string of the molecule is Cc1ccc(CNc2ccc(S(=O)(=O)N3CCN(C)CC3)cn2)cc1F. The van der Waals surface area contributed by atoms with Crippen LogP contribution in [0, 0.1) is 12.7 Å². The lowest BCUT2D eigenvalue weighted by molar-refractivity contribution is 0.222. The first-order chi connectivity index (χ1) is 12.4. The van der Waals surface area contributed by atoms with Gasteiger partial charge in [0.25, 0.3) is 0 Å². The van der Waals surface area contributed by atoms with Crippen LogP contribution in [0.4, 0.5) is 10.2 Å². The van der Waals surface area contributed by atoms with Gasteiger partial charge >= 0.3 is 0 Å². The molecule has 0 atom stereocenters. The normalized spacial score (nSPS) is 16.6. The molecule has 2 heterocycles. The third-order valence-electron chi connectivity index (χ3n) is 4.55. The topological polar surface area (TPSA) is 65.5 Å². The van der Waals surface area contributed by atoms with Crippen LogP contribution in [-0.4, -0.2) is 55.8 Å². The first-order valence-electron chi connectivity index (χ1n) is 8.50. The summed E-state index contributed by atoms with van der Waals surface area (Å²) in [4.78, 5) is 6.48. The number of nitrogens with zero attached hydrogens (tertiary/aromatic N) is 3. The maximum absolute atomic E-state index is 13.6. The number of pyridine rings is 1. The standard InChI is InChI=1S/C18H23FN4O2S/c1-14-3-4-15(11-17(14)19)12-20-18-6-5-16(13-21-18)26(24,25)23-9-7-22(2)8-10-23/h3-6,11,13H,7-10,12H2,1-2H3,(H,20,21). The zero-order valence-electron chi connectivity index (χ0n) is 14.9. The third-order valence-corrected chi connectivity index (χ3v) is 6.43. The van der Waals surface area contributed by atoms with Crippen molar-refractivity contribution in [1.82, 2.24) is 14.2 Å². The van der Waals surface area contributed by atoms with Gasteiger partial charge in [-0.15, -0.1) is 0 Å². The van der Waals surface area contributed by atoms with Crippen LogP contribution in [0.1, 0.15) is 11.1 Å². The van der Waals surface area contributed by atoms with Crippen molar-refractivity contribution in [3.8, 4) is 0 Å². The Balaban J connectivity index is 1.65. The number of nitrogens with one attached hydrogen (secondary N) is 1. The summed E-state index contributed by atoms with van der Waals surface area (Å²) in [7, 11) is -1.53. The van der Waals surface area contributed by atoms with E-state index in [0.717, 1.165) is 18.7 Å². The highest BCUT2D eigenvalue weighted by Gasteiger charge is 2.27. The van der Waals surface area contributed by atoms with E-state index in [2.05, 4.69) is 15.2 Å². The van der Waals surface area contributed by atoms with Gasteiger partial charge in [0.05, 0.1) is 0 Å². The fraction of sp³-hybridized carbons (Fsp3) is 0.389. The van der Waals surface area contributed by atoms with Gasteiger partial charge in [-0.1, -0.05) is 12.1 Å². The maximum atomic E-state index is 13.6. The largest absolute Gasteiger partial charge is 0.366 e. The van der Waals surface area contributed by atoms with Crippen molar-refractivity contribution < 1.29 is 12.8 Å². The van der Waals surface area contributed by atoms with Gasteiger partial charge in [0, 0.05) is 38.9 Å². The first kappa shape index (κ1) is 18.8. The highest BCUT2D eigenvalue weighted by molar-refractivity contribution is 7.89. The maximum Gasteiger partial charge on any atom is 0.244 e. The highest BCUT2D eigenvalue weighted by atomic mass is 32.2. The van der Waals surface area contributed by atoms with Crippen molar-refractivity contribution in [2.45, 2.75) is 18.4 Å². The fourth-order valence-corrected chi connectivity index (χ4v) is 4.12. The van der Waals surface area contributed by atoms with Gasteiger partial charge in [-0.2, -0.15) is 4.31 Å². The number of piperazine rings is 1. The molecular formula is C18H23FN4O2S. The van der Waals surface area contributed by atoms with E-state index in [1.807, 2.05) is 13.1 Å². The van der Waals surface area contributed by atoms with Crippen molar-refractivity contribution in [3.05, 3.63) is 53.5 Å². The Kier molecular flexibility index (Phi) is 5.55. The van der Waals surface area contributed by atoms with E-state index in [4.69, 9.17) is 0 Å². The second-order valence-corrected chi connectivity index (χ2v) is 8.46. The molecule has 140 valence electrons. The molecule has 0 saturated carbocycles. The van der Waals surface area contributed by atoms with Crippen LogP contribution in [-0.2, 0) is 16.6 Å². The molecule has 0 unspecified atom stereocenters. The Morgan fingerprint density at radius 1 is 1.15 bits per heavy atom. The summed E-state index contributed by atoms with van der Waals surface area (Å²) in [6, 6.07) is 8.24. The van der Waals surface area contributed by atoms with E-state index in [0.29, 0.717) is 31.0 Å². The van der Waals surface area contributed by atoms with Gasteiger partial charge in [0.2, 0.25) is 10.0 Å². The van der Waals surface area contributed by atoms with Gasteiger partial charge < -0.3 is 10.2 Å². The van der Waals surface area contributed by atoms with Crippen LogP contribution in [0.2, 0.25) is 0 Å². The van der Waals surface area contributed by atoms with Crippen molar-refractivity contribution in [1.29, 1.82) is 0 Å². The lowest BCUT2D eigenvalue weighted by Crippen LogP contribution is -2.47. The summed E-state index contributed by atoms with van der Waals surface area (Å²) in [6.07, 6.45) is 1.37. The molecule has 6 nitrogen and oxygen atoms in total. The smallest absolute Gasteiger partial charge is 0.244 e. The number of sulfonamides is 1. The molecule has 8 heteroatoms. The molecule has 1 aromatic carbocycles. The molecule has 1 aliphatic heterocycles. The van der Waals surface area contributed by atoms with Crippen molar-refractivity contribution >= 4 is 15.8 Å². The van der Waals surface area contributed by atoms with E-state index in [1.54, 1.807) is 25.1 Å². The number of anilines is 1. The van der Waals surface area contributed by atoms with E-state index in [9.17, 15) is 12.8 Å². The van der Waals surface area contributed by atoms with Gasteiger partial charge in [0.1, 0.15) is 16.5 Å². The number of aryl methyl sites for hydroxylation is 1. The van der Waals surface area contributed by atoms with E-state index >= 15 is 0 Å². The monoisotopic (exact) mass is 378 g/mol. The minimum absolute atomic E-state index is 0.189. The van der Waals surface area contributed by atoms with Gasteiger partial charge in [-0.3, -0.25) is 0 Å². The van der Waals surface area contributed by atoms with E-state index in [1.165, 1.54) is 16.6 Å². The quantitative estimate of drug-likeness (QED) is 0.863. The Labute approximate surface area is 153 Å². The first-order valence-corrected chi connectivity index (χ1v) is 9.94. The molecular weight excluding hydrogens is 355 g/mol. The average Bonchev–Trinajstić information content (AvgIpc) is 2.63. The molecule has 1 fully saturated rings. The Bertz CT molecular complexity index is 863. The number of likely N-dealkylation sites (N-methyl/N-ethyl adjacent to an activating group) is 1. The van der Waals surface area contributed by atoms with Crippen LogP contribution in [0.15, 0.2) is 41.4 Å². The Hall–Kier alpha value is -2.03. The van der Waals surface area contributed by atoms with Crippen LogP contribution in [0.25, 0.3) is 0 Å². The summed E-state index contributed by atoms with van der Waals surface area (Å²) in [5.41, 5.74) is 1.40. The zero-order chi connectivity index (χ0) is 18.7. The lowest BCUT2D eigenvalue weighted by atomic mass is 10.1. The van der Waals surface area contributed by atoms with E-state index in [-0.39, 0.29) is 10.7 Å². The molecule has 26 heavy (non-hydrogen) atoms. The number of hydrogen-bond donors (Lipinski definition) is 1. The number of aromatic nitrogens is 1.